The van der Waals surface area contributed by atoms with Gasteiger partial charge in [0.15, 0.2) is 0 Å². The highest BCUT2D eigenvalue weighted by Gasteiger charge is 2.06. The topological polar surface area (TPSA) is 26.0 Å². The van der Waals surface area contributed by atoms with Crippen LogP contribution in [0.1, 0.15) is 18.5 Å². The van der Waals surface area contributed by atoms with Crippen LogP contribution in [0.2, 0.25) is 10.0 Å². The number of nitrogens with two attached hydrogens (primary N) is 1. The zero-order valence-corrected chi connectivity index (χ0v) is 12.2. The first-order valence-corrected chi connectivity index (χ1v) is 7.12. The van der Waals surface area contributed by atoms with Crippen molar-refractivity contribution in [2.75, 3.05) is 0 Å². The Labute approximate surface area is 121 Å². The summed E-state index contributed by atoms with van der Waals surface area (Å²) in [4.78, 5) is 2.12. The zero-order valence-electron chi connectivity index (χ0n) is 9.86. The molecule has 0 saturated heterocycles. The van der Waals surface area contributed by atoms with Gasteiger partial charge in [-0.05, 0) is 48.9 Å². The minimum absolute atomic E-state index is 0.00270. The standard InChI is InChI=1S/C14H13Cl2NS/c1-9(17)10-2-7-14(13(16)8-10)18-12-5-3-11(15)4-6-12/h2-9H,17H2,1H3/t9-/m0/s1. The first kappa shape index (κ1) is 13.8. The molecule has 94 valence electrons. The van der Waals surface area contributed by atoms with Gasteiger partial charge in [-0.15, -0.1) is 0 Å². The van der Waals surface area contributed by atoms with E-state index < -0.39 is 0 Å². The molecule has 0 aliphatic carbocycles. The Kier molecular flexibility index (Phi) is 4.57. The van der Waals surface area contributed by atoms with E-state index in [4.69, 9.17) is 28.9 Å². The van der Waals surface area contributed by atoms with Gasteiger partial charge >= 0.3 is 0 Å². The Morgan fingerprint density at radius 2 is 1.72 bits per heavy atom. The van der Waals surface area contributed by atoms with Crippen LogP contribution in [-0.4, -0.2) is 0 Å². The minimum atomic E-state index is -0.00270. The molecule has 0 bridgehead atoms. The van der Waals surface area contributed by atoms with Crippen LogP contribution in [0.3, 0.4) is 0 Å². The molecular formula is C14H13Cl2NS. The normalized spacial score (nSPS) is 12.4. The fourth-order valence-corrected chi connectivity index (χ4v) is 2.76. The van der Waals surface area contributed by atoms with Crippen molar-refractivity contribution in [2.24, 2.45) is 5.73 Å². The minimum Gasteiger partial charge on any atom is -0.324 e. The van der Waals surface area contributed by atoms with Crippen molar-refractivity contribution in [3.05, 3.63) is 58.1 Å². The average molecular weight is 298 g/mol. The number of hydrogen-bond acceptors (Lipinski definition) is 2. The smallest absolute Gasteiger partial charge is 0.0548 e. The molecule has 0 fully saturated rings. The van der Waals surface area contributed by atoms with Crippen LogP contribution in [0.25, 0.3) is 0 Å². The Morgan fingerprint density at radius 1 is 1.06 bits per heavy atom. The van der Waals surface area contributed by atoms with Crippen LogP contribution >= 0.6 is 35.0 Å². The lowest BCUT2D eigenvalue weighted by molar-refractivity contribution is 0.817. The molecule has 18 heavy (non-hydrogen) atoms. The van der Waals surface area contributed by atoms with E-state index in [1.54, 1.807) is 11.8 Å². The Morgan fingerprint density at radius 3 is 2.28 bits per heavy atom. The molecule has 1 nitrogen and oxygen atoms in total. The molecule has 2 N–H and O–H groups in total. The second kappa shape index (κ2) is 5.98. The molecule has 2 rings (SSSR count). The van der Waals surface area contributed by atoms with Crippen molar-refractivity contribution in [3.63, 3.8) is 0 Å². The maximum atomic E-state index is 6.25. The van der Waals surface area contributed by atoms with Gasteiger partial charge in [-0.25, -0.2) is 0 Å². The summed E-state index contributed by atoms with van der Waals surface area (Å²) < 4.78 is 0. The predicted molar refractivity (Wildman–Crippen MR) is 79.6 cm³/mol. The molecule has 4 heteroatoms. The molecule has 2 aromatic rings. The second-order valence-electron chi connectivity index (χ2n) is 4.03. The molecule has 1 atom stereocenters. The summed E-state index contributed by atoms with van der Waals surface area (Å²) in [5, 5.41) is 1.46. The lowest BCUT2D eigenvalue weighted by Gasteiger charge is -2.09. The molecule has 0 aliphatic rings. The van der Waals surface area contributed by atoms with Crippen molar-refractivity contribution in [2.45, 2.75) is 22.8 Å². The van der Waals surface area contributed by atoms with E-state index in [-0.39, 0.29) is 6.04 Å². The second-order valence-corrected chi connectivity index (χ2v) is 5.99. The van der Waals surface area contributed by atoms with Gasteiger partial charge < -0.3 is 5.73 Å². The van der Waals surface area contributed by atoms with E-state index in [0.717, 1.165) is 25.4 Å². The van der Waals surface area contributed by atoms with Crippen LogP contribution in [0.5, 0.6) is 0 Å². The molecule has 0 aliphatic heterocycles. The van der Waals surface area contributed by atoms with E-state index in [1.807, 2.05) is 49.4 Å². The van der Waals surface area contributed by atoms with Crippen molar-refractivity contribution < 1.29 is 0 Å². The molecule has 0 radical (unpaired) electrons. The van der Waals surface area contributed by atoms with E-state index >= 15 is 0 Å². The third-order valence-corrected chi connectivity index (χ3v) is 4.28. The average Bonchev–Trinajstić information content (AvgIpc) is 2.34. The van der Waals surface area contributed by atoms with Crippen LogP contribution in [0, 0.1) is 0 Å². The van der Waals surface area contributed by atoms with Crippen LogP contribution in [0.15, 0.2) is 52.3 Å². The van der Waals surface area contributed by atoms with E-state index in [2.05, 4.69) is 0 Å². The van der Waals surface area contributed by atoms with Crippen LogP contribution < -0.4 is 5.73 Å². The van der Waals surface area contributed by atoms with Gasteiger partial charge in [0, 0.05) is 20.9 Å². The van der Waals surface area contributed by atoms with E-state index in [9.17, 15) is 0 Å². The number of rotatable bonds is 3. The molecular weight excluding hydrogens is 285 g/mol. The van der Waals surface area contributed by atoms with E-state index in [1.165, 1.54) is 0 Å². The summed E-state index contributed by atoms with van der Waals surface area (Å²) in [5.74, 6) is 0. The fourth-order valence-electron chi connectivity index (χ4n) is 1.51. The Bertz CT molecular complexity index is 538. The predicted octanol–water partition coefficient (Wildman–Crippen LogP) is 5.16. The number of halogens is 2. The molecule has 2 aromatic carbocycles. The molecule has 0 heterocycles. The summed E-state index contributed by atoms with van der Waals surface area (Å²) >= 11 is 13.7. The Balaban J connectivity index is 2.22. The first-order valence-electron chi connectivity index (χ1n) is 5.54. The van der Waals surface area contributed by atoms with Gasteiger partial charge in [-0.1, -0.05) is 41.0 Å². The van der Waals surface area contributed by atoms with Crippen molar-refractivity contribution >= 4 is 35.0 Å². The van der Waals surface area contributed by atoms with Gasteiger partial charge in [0.1, 0.15) is 0 Å². The molecule has 0 aromatic heterocycles. The van der Waals surface area contributed by atoms with Crippen molar-refractivity contribution in [3.8, 4) is 0 Å². The van der Waals surface area contributed by atoms with Crippen LogP contribution in [0.4, 0.5) is 0 Å². The molecule has 0 amide bonds. The number of benzene rings is 2. The van der Waals surface area contributed by atoms with Crippen molar-refractivity contribution in [1.82, 2.24) is 0 Å². The van der Waals surface area contributed by atoms with Crippen LogP contribution in [-0.2, 0) is 0 Å². The lowest BCUT2D eigenvalue weighted by atomic mass is 10.1. The highest BCUT2D eigenvalue weighted by Crippen LogP contribution is 2.34. The lowest BCUT2D eigenvalue weighted by Crippen LogP contribution is -2.04. The summed E-state index contributed by atoms with van der Waals surface area (Å²) in [6, 6.07) is 13.6. The summed E-state index contributed by atoms with van der Waals surface area (Å²) in [7, 11) is 0. The van der Waals surface area contributed by atoms with Gasteiger partial charge in [0.25, 0.3) is 0 Å². The summed E-state index contributed by atoms with van der Waals surface area (Å²) in [5.41, 5.74) is 6.86. The monoisotopic (exact) mass is 297 g/mol. The SMILES string of the molecule is C[C@H](N)c1ccc(Sc2ccc(Cl)cc2)c(Cl)c1. The largest absolute Gasteiger partial charge is 0.324 e. The molecule has 0 saturated carbocycles. The molecule has 0 unspecified atom stereocenters. The summed E-state index contributed by atoms with van der Waals surface area (Å²) in [6.45, 7) is 1.94. The summed E-state index contributed by atoms with van der Waals surface area (Å²) in [6.07, 6.45) is 0. The first-order chi connectivity index (χ1) is 8.56. The highest BCUT2D eigenvalue weighted by molar-refractivity contribution is 7.99. The third-order valence-electron chi connectivity index (χ3n) is 2.52. The maximum Gasteiger partial charge on any atom is 0.0548 e. The van der Waals surface area contributed by atoms with E-state index in [0.29, 0.717) is 0 Å². The van der Waals surface area contributed by atoms with Crippen molar-refractivity contribution in [1.29, 1.82) is 0 Å². The zero-order chi connectivity index (χ0) is 13.1. The van der Waals surface area contributed by atoms with Gasteiger partial charge in [0.05, 0.1) is 5.02 Å². The number of hydrogen-bond donors (Lipinski definition) is 1. The Hall–Kier alpha value is -0.670. The maximum absolute atomic E-state index is 6.25. The highest BCUT2D eigenvalue weighted by atomic mass is 35.5. The van der Waals surface area contributed by atoms with Gasteiger partial charge in [-0.2, -0.15) is 0 Å². The quantitative estimate of drug-likeness (QED) is 0.846. The van der Waals surface area contributed by atoms with Gasteiger partial charge in [0.2, 0.25) is 0 Å². The molecule has 0 spiro atoms. The fraction of sp³-hybridized carbons (Fsp3) is 0.143. The third kappa shape index (κ3) is 3.42. The van der Waals surface area contributed by atoms with Gasteiger partial charge in [-0.3, -0.25) is 0 Å².